The zero-order valence-corrected chi connectivity index (χ0v) is 20.3. The van der Waals surface area contributed by atoms with Gasteiger partial charge in [0.25, 0.3) is 0 Å². The van der Waals surface area contributed by atoms with E-state index in [2.05, 4.69) is 37.9 Å². The van der Waals surface area contributed by atoms with Gasteiger partial charge in [-0.05, 0) is 61.8 Å². The van der Waals surface area contributed by atoms with Crippen molar-refractivity contribution < 1.29 is 9.59 Å². The summed E-state index contributed by atoms with van der Waals surface area (Å²) >= 11 is 6.61. The summed E-state index contributed by atoms with van der Waals surface area (Å²) in [6.45, 7) is 12.3. The van der Waals surface area contributed by atoms with E-state index < -0.39 is 5.41 Å². The van der Waals surface area contributed by atoms with Crippen molar-refractivity contribution in [2.75, 3.05) is 0 Å². The standard InChI is InChI=1S/C28H34ClNO2/c1-18(19(2)27(32)28(4,5)22-9-7-6-8-10-22)11-12-21-13-14-24(25(29)17-21)23-15-16-26(31)30-20(23)3/h6-10,13-14,17-19,23H,3,11-12,15-16H2,1-2,4-5H3,(H,30,31). The first kappa shape index (κ1) is 24.3. The van der Waals surface area contributed by atoms with Crippen LogP contribution in [0.4, 0.5) is 0 Å². The first-order valence-electron chi connectivity index (χ1n) is 11.5. The van der Waals surface area contributed by atoms with Gasteiger partial charge in [0.1, 0.15) is 5.78 Å². The number of hydrogen-bond acceptors (Lipinski definition) is 2. The molecule has 3 nitrogen and oxygen atoms in total. The molecule has 3 atom stereocenters. The number of amides is 1. The topological polar surface area (TPSA) is 46.2 Å². The van der Waals surface area contributed by atoms with E-state index in [9.17, 15) is 9.59 Å². The van der Waals surface area contributed by atoms with Crippen molar-refractivity contribution in [3.63, 3.8) is 0 Å². The second-order valence-corrected chi connectivity index (χ2v) is 10.1. The minimum atomic E-state index is -0.502. The van der Waals surface area contributed by atoms with E-state index in [0.717, 1.165) is 41.6 Å². The Hall–Kier alpha value is -2.39. The molecule has 2 aromatic carbocycles. The van der Waals surface area contributed by atoms with E-state index in [0.29, 0.717) is 11.4 Å². The van der Waals surface area contributed by atoms with Crippen molar-refractivity contribution in [2.45, 2.75) is 64.7 Å². The lowest BCUT2D eigenvalue weighted by Gasteiger charge is -2.30. The molecule has 170 valence electrons. The van der Waals surface area contributed by atoms with Crippen LogP contribution in [-0.4, -0.2) is 11.7 Å². The Morgan fingerprint density at radius 3 is 2.50 bits per heavy atom. The number of Topliss-reactive ketones (excluding diaryl/α,β-unsaturated/α-hetero) is 1. The van der Waals surface area contributed by atoms with Gasteiger partial charge in [-0.3, -0.25) is 9.59 Å². The van der Waals surface area contributed by atoms with Gasteiger partial charge >= 0.3 is 0 Å². The van der Waals surface area contributed by atoms with Crippen LogP contribution in [0, 0.1) is 11.8 Å². The van der Waals surface area contributed by atoms with Crippen LogP contribution in [0.3, 0.4) is 0 Å². The Balaban J connectivity index is 1.62. The Kier molecular flexibility index (Phi) is 7.61. The Bertz CT molecular complexity index is 996. The van der Waals surface area contributed by atoms with Crippen LogP contribution in [0.25, 0.3) is 0 Å². The number of carbonyl (C=O) groups is 2. The lowest BCUT2D eigenvalue weighted by Crippen LogP contribution is -2.36. The van der Waals surface area contributed by atoms with Gasteiger partial charge in [-0.2, -0.15) is 0 Å². The monoisotopic (exact) mass is 451 g/mol. The first-order valence-corrected chi connectivity index (χ1v) is 11.9. The molecular formula is C28H34ClNO2. The molecule has 1 aliphatic heterocycles. The molecule has 0 saturated carbocycles. The lowest BCUT2D eigenvalue weighted by atomic mass is 9.72. The molecule has 1 fully saturated rings. The van der Waals surface area contributed by atoms with Gasteiger partial charge in [-0.15, -0.1) is 0 Å². The highest BCUT2D eigenvalue weighted by Crippen LogP contribution is 2.36. The molecule has 4 heteroatoms. The zero-order valence-electron chi connectivity index (χ0n) is 19.6. The van der Waals surface area contributed by atoms with Crippen LogP contribution in [0.5, 0.6) is 0 Å². The molecular weight excluding hydrogens is 418 g/mol. The molecule has 32 heavy (non-hydrogen) atoms. The number of carbonyl (C=O) groups excluding carboxylic acids is 2. The van der Waals surface area contributed by atoms with Gasteiger partial charge < -0.3 is 5.32 Å². The average Bonchev–Trinajstić information content (AvgIpc) is 2.77. The minimum Gasteiger partial charge on any atom is -0.330 e. The van der Waals surface area contributed by atoms with Crippen LogP contribution in [-0.2, 0) is 21.4 Å². The summed E-state index contributed by atoms with van der Waals surface area (Å²) in [5.74, 6) is 0.590. The second-order valence-electron chi connectivity index (χ2n) is 9.68. The fraction of sp³-hybridized carbons (Fsp3) is 0.429. The average molecular weight is 452 g/mol. The molecule has 0 aromatic heterocycles. The third-order valence-corrected chi connectivity index (χ3v) is 7.42. The molecule has 2 aromatic rings. The normalized spacial score (nSPS) is 18.7. The molecule has 0 radical (unpaired) electrons. The highest BCUT2D eigenvalue weighted by Gasteiger charge is 2.35. The molecule has 1 N–H and O–H groups in total. The highest BCUT2D eigenvalue weighted by atomic mass is 35.5. The van der Waals surface area contributed by atoms with Gasteiger partial charge in [0.2, 0.25) is 5.91 Å². The van der Waals surface area contributed by atoms with Crippen molar-refractivity contribution in [2.24, 2.45) is 11.8 Å². The summed E-state index contributed by atoms with van der Waals surface area (Å²) in [5.41, 5.74) is 3.46. The molecule has 0 bridgehead atoms. The molecule has 1 heterocycles. The molecule has 3 unspecified atom stereocenters. The molecule has 1 amide bonds. The number of ketones is 1. The maximum absolute atomic E-state index is 13.3. The fourth-order valence-electron chi connectivity index (χ4n) is 4.60. The molecule has 0 spiro atoms. The van der Waals surface area contributed by atoms with Crippen molar-refractivity contribution in [3.8, 4) is 0 Å². The maximum atomic E-state index is 13.3. The minimum absolute atomic E-state index is 0.0205. The predicted molar refractivity (Wildman–Crippen MR) is 132 cm³/mol. The SMILES string of the molecule is C=C1NC(=O)CCC1c1ccc(CCC(C)C(C)C(=O)C(C)(C)c2ccccc2)cc1Cl. The number of allylic oxidation sites excluding steroid dienone is 1. The van der Waals surface area contributed by atoms with Crippen LogP contribution in [0.2, 0.25) is 5.02 Å². The highest BCUT2D eigenvalue weighted by molar-refractivity contribution is 6.31. The summed E-state index contributed by atoms with van der Waals surface area (Å²) in [4.78, 5) is 24.8. The van der Waals surface area contributed by atoms with Crippen molar-refractivity contribution in [3.05, 3.63) is 82.5 Å². The lowest BCUT2D eigenvalue weighted by molar-refractivity contribution is -0.128. The Morgan fingerprint density at radius 1 is 1.19 bits per heavy atom. The Morgan fingerprint density at radius 2 is 1.88 bits per heavy atom. The number of hydrogen-bond donors (Lipinski definition) is 1. The van der Waals surface area contributed by atoms with E-state index in [1.165, 1.54) is 0 Å². The summed E-state index contributed by atoms with van der Waals surface area (Å²) in [6.07, 6.45) is 3.01. The second kappa shape index (κ2) is 10.0. The quantitative estimate of drug-likeness (QED) is 0.491. The molecule has 1 saturated heterocycles. The molecule has 3 rings (SSSR count). The largest absolute Gasteiger partial charge is 0.330 e. The van der Waals surface area contributed by atoms with E-state index in [1.54, 1.807) is 0 Å². The number of piperidine rings is 1. The van der Waals surface area contributed by atoms with E-state index in [1.807, 2.05) is 50.2 Å². The van der Waals surface area contributed by atoms with E-state index in [-0.39, 0.29) is 29.4 Å². The molecule has 1 aliphatic rings. The smallest absolute Gasteiger partial charge is 0.224 e. The van der Waals surface area contributed by atoms with Gasteiger partial charge in [-0.1, -0.05) is 74.5 Å². The number of nitrogens with one attached hydrogen (secondary N) is 1. The van der Waals surface area contributed by atoms with Gasteiger partial charge in [0.15, 0.2) is 0 Å². The van der Waals surface area contributed by atoms with E-state index >= 15 is 0 Å². The third kappa shape index (κ3) is 5.32. The first-order chi connectivity index (χ1) is 15.1. The van der Waals surface area contributed by atoms with Gasteiger partial charge in [0.05, 0.1) is 0 Å². The summed E-state index contributed by atoms with van der Waals surface area (Å²) in [5, 5.41) is 3.55. The van der Waals surface area contributed by atoms with E-state index in [4.69, 9.17) is 11.6 Å². The van der Waals surface area contributed by atoms with Gasteiger partial charge in [-0.25, -0.2) is 0 Å². The summed E-state index contributed by atoms with van der Waals surface area (Å²) < 4.78 is 0. The van der Waals surface area contributed by atoms with Crippen molar-refractivity contribution in [1.82, 2.24) is 5.32 Å². The fourth-order valence-corrected chi connectivity index (χ4v) is 4.93. The summed E-state index contributed by atoms with van der Waals surface area (Å²) in [7, 11) is 0. The van der Waals surface area contributed by atoms with Crippen molar-refractivity contribution in [1.29, 1.82) is 0 Å². The number of rotatable bonds is 8. The summed E-state index contributed by atoms with van der Waals surface area (Å²) in [6, 6.07) is 16.2. The van der Waals surface area contributed by atoms with Crippen LogP contribution in [0.1, 0.15) is 69.6 Å². The van der Waals surface area contributed by atoms with Crippen LogP contribution in [0.15, 0.2) is 60.8 Å². The Labute approximate surface area is 197 Å². The predicted octanol–water partition coefficient (Wildman–Crippen LogP) is 6.60. The number of halogens is 1. The van der Waals surface area contributed by atoms with Gasteiger partial charge in [0, 0.05) is 34.4 Å². The van der Waals surface area contributed by atoms with Crippen LogP contribution >= 0.6 is 11.6 Å². The number of aryl methyl sites for hydroxylation is 1. The maximum Gasteiger partial charge on any atom is 0.224 e. The number of benzene rings is 2. The third-order valence-electron chi connectivity index (χ3n) is 7.09. The zero-order chi connectivity index (χ0) is 23.5. The van der Waals surface area contributed by atoms with Crippen LogP contribution < -0.4 is 5.32 Å². The van der Waals surface area contributed by atoms with Crippen molar-refractivity contribution >= 4 is 23.3 Å². The molecule has 0 aliphatic carbocycles.